The summed E-state index contributed by atoms with van der Waals surface area (Å²) in [5.74, 6) is 1.59. The third-order valence-electron chi connectivity index (χ3n) is 28.1. The Morgan fingerprint density at radius 2 is 0.451 bits per heavy atom. The van der Waals surface area contributed by atoms with Gasteiger partial charge in [-0.15, -0.1) is 11.3 Å². The van der Waals surface area contributed by atoms with Crippen LogP contribution < -0.4 is 0 Å². The molecule has 0 spiro atoms. The first kappa shape index (κ1) is 80.6. The minimum absolute atomic E-state index is 0.436. The number of fused-ring (bicyclic) bond motifs is 34. The lowest BCUT2D eigenvalue weighted by Crippen LogP contribution is -2.06. The van der Waals surface area contributed by atoms with Gasteiger partial charge < -0.3 is 39.9 Å². The fraction of sp³-hybridized carbons (Fsp3) is 0. The van der Waals surface area contributed by atoms with Gasteiger partial charge in [-0.3, -0.25) is 0 Å². The number of hydrogen-bond acceptors (Lipinski definition) is 12. The van der Waals surface area contributed by atoms with Crippen molar-refractivity contribution in [3.05, 3.63) is 449 Å². The lowest BCUT2D eigenvalue weighted by molar-refractivity contribution is 0.608. The number of furan rings is 8. The van der Waals surface area contributed by atoms with Crippen LogP contribution in [0.25, 0.3) is 292 Å². The van der Waals surface area contributed by atoms with Gasteiger partial charge in [-0.2, -0.15) is 9.97 Å². The number of hydrogen-bond donors (Lipinski definition) is 0. The van der Waals surface area contributed by atoms with E-state index in [9.17, 15) is 0 Å². The van der Waals surface area contributed by atoms with Gasteiger partial charge in [0.25, 0.3) is 0 Å². The standard InChI is InChI=1S/C34H20N2O2.C34H21NO2.C31H18N4O2.C28H15NO2S/c1-2-10-21(11-3-1)35-27-15-7-4-12-23(27)26-20-22(18-19-28(26)35)36-33-31(24-13-5-8-16-29(24)37-33)32-25-14-6-9-17-30(25)38-34(32)36;1-3-12-22(13-4-1)24-18-11-19-25(23-14-5-2-6-15-23)32(24)35-33-30(26-16-7-9-20-28(26)36-33)31-27-17-8-10-21-29(27)37-34(31)35;1-3-11-19(12-4-1)27-32-28(20-13-5-2-6-14-20)34-31(33-27)35-29-25(21-15-7-9-17-23(21)36-29)26-22-16-8-10-18-24(22)37-30(26)35;1-4-10-21-18(8-1)25-26-19-9-2-5-11-22(19)31-28(26)29(27(25)30-21)16-13-14-24-20(15-16)17-7-3-6-12-23(17)32-24/h1-20H;1-21H;1-18H;1-15H. The quantitative estimate of drug-likeness (QED) is 0.135. The number of nitrogens with zero attached hydrogens (tertiary/aromatic N) is 8. The maximum Gasteiger partial charge on any atom is 0.243 e. The Labute approximate surface area is 820 Å². The molecule has 0 saturated heterocycles. The van der Waals surface area contributed by atoms with Gasteiger partial charge in [0.2, 0.25) is 51.7 Å². The molecule has 0 aliphatic heterocycles. The van der Waals surface area contributed by atoms with Crippen LogP contribution in [0, 0.1) is 0 Å². The Bertz CT molecular complexity index is 10500. The summed E-state index contributed by atoms with van der Waals surface area (Å²) in [4.78, 5) is 14.7. The van der Waals surface area contributed by atoms with Crippen molar-refractivity contribution < 1.29 is 35.3 Å². The molecule has 0 N–H and O–H groups in total. The van der Waals surface area contributed by atoms with Gasteiger partial charge in [-0.05, 0) is 120 Å². The topological polar surface area (TPSA) is 168 Å². The van der Waals surface area contributed by atoms with E-state index in [-0.39, 0.29) is 0 Å². The van der Waals surface area contributed by atoms with Crippen LogP contribution in [0.2, 0.25) is 0 Å². The third-order valence-corrected chi connectivity index (χ3v) is 29.3. The maximum atomic E-state index is 6.61. The van der Waals surface area contributed by atoms with Gasteiger partial charge in [-0.25, -0.2) is 23.3 Å². The first-order valence-electron chi connectivity index (χ1n) is 47.9. The van der Waals surface area contributed by atoms with Crippen LogP contribution in [0.1, 0.15) is 0 Å². The first-order chi connectivity index (χ1) is 71.5. The molecule has 0 bridgehead atoms. The van der Waals surface area contributed by atoms with Gasteiger partial charge in [0.15, 0.2) is 11.6 Å². The Morgan fingerprint density at radius 1 is 0.174 bits per heavy atom. The number of benzene rings is 18. The van der Waals surface area contributed by atoms with E-state index < -0.39 is 0 Å². The van der Waals surface area contributed by atoms with Crippen LogP contribution >= 0.6 is 11.3 Å². The van der Waals surface area contributed by atoms with Gasteiger partial charge in [0.05, 0.1) is 71.2 Å². The zero-order chi connectivity index (χ0) is 94.3. The Hall–Kier alpha value is -19.5. The largest absolute Gasteiger partial charge is 0.439 e. The van der Waals surface area contributed by atoms with Crippen LogP contribution in [-0.2, 0) is 0 Å². The molecule has 15 heterocycles. The molecule has 0 amide bonds. The van der Waals surface area contributed by atoms with Crippen molar-refractivity contribution in [1.82, 2.24) is 37.8 Å². The summed E-state index contributed by atoms with van der Waals surface area (Å²) in [6.07, 6.45) is 0. The van der Waals surface area contributed by atoms with Crippen LogP contribution in [0.4, 0.5) is 0 Å². The number of aromatic nitrogens is 8. The van der Waals surface area contributed by atoms with Crippen LogP contribution in [0.3, 0.4) is 0 Å². The third kappa shape index (κ3) is 12.4. The summed E-state index contributed by atoms with van der Waals surface area (Å²) in [6, 6.07) is 154. The summed E-state index contributed by atoms with van der Waals surface area (Å²) < 4.78 is 65.2. The van der Waals surface area contributed by atoms with Crippen molar-refractivity contribution in [1.29, 1.82) is 0 Å². The van der Waals surface area contributed by atoms with E-state index >= 15 is 0 Å². The van der Waals surface area contributed by atoms with Crippen LogP contribution in [-0.4, -0.2) is 37.8 Å². The molecule has 676 valence electrons. The normalized spacial score (nSPS) is 12.0. The van der Waals surface area contributed by atoms with Crippen molar-refractivity contribution >= 4 is 230 Å². The zero-order valence-electron chi connectivity index (χ0n) is 76.5. The smallest absolute Gasteiger partial charge is 0.243 e. The zero-order valence-corrected chi connectivity index (χ0v) is 77.3. The SMILES string of the molecule is c1ccc(-c2cccc(-c3ccccc3)c2-n2c3oc4ccccc4c3c3c4ccccc4oc32)cc1.c1ccc(-c2nc(-c3ccccc3)nc(-n3c4oc5ccccc5c4c4c5ccccc5oc43)n2)cc1.c1ccc(-n2c3ccccc3c3cc(-n4c5oc6ccccc6c5c5c6ccccc6oc54)ccc32)cc1.c1ccc2c(c1)oc1c2c2c3ccccc3oc2n1-c1ccc2sc3ccccc3c2c1. The number of para-hydroxylation sites is 11. The second kappa shape index (κ2) is 32.0. The summed E-state index contributed by atoms with van der Waals surface area (Å²) in [5, 5.41) is 22.1. The molecular formula is C127H74N8O8S. The van der Waals surface area contributed by atoms with E-state index in [1.807, 2.05) is 186 Å². The van der Waals surface area contributed by atoms with Gasteiger partial charge in [0.1, 0.15) is 44.7 Å². The molecule has 33 aromatic rings. The summed E-state index contributed by atoms with van der Waals surface area (Å²) in [6.45, 7) is 0. The van der Waals surface area contributed by atoms with Crippen LogP contribution in [0.5, 0.6) is 0 Å². The highest BCUT2D eigenvalue weighted by Crippen LogP contribution is 2.52. The van der Waals surface area contributed by atoms with Crippen molar-refractivity contribution in [3.8, 4) is 73.7 Å². The number of rotatable bonds is 9. The van der Waals surface area contributed by atoms with Gasteiger partial charge >= 0.3 is 0 Å². The molecule has 18 aromatic carbocycles. The van der Waals surface area contributed by atoms with E-state index in [4.69, 9.17) is 50.3 Å². The Kier molecular flexibility index (Phi) is 17.9. The summed E-state index contributed by atoms with van der Waals surface area (Å²) in [7, 11) is 0. The Balaban J connectivity index is 0.0000000895. The maximum absolute atomic E-state index is 6.61. The lowest BCUT2D eigenvalue weighted by Gasteiger charge is -2.17. The van der Waals surface area contributed by atoms with Crippen LogP contribution in [0.15, 0.2) is 484 Å². The fourth-order valence-corrected chi connectivity index (χ4v) is 23.0. The first-order valence-corrected chi connectivity index (χ1v) is 48.7. The molecule has 0 unspecified atom stereocenters. The molecule has 15 aromatic heterocycles. The second-order valence-corrected chi connectivity index (χ2v) is 37.3. The fourth-order valence-electron chi connectivity index (χ4n) is 21.9. The van der Waals surface area contributed by atoms with E-state index in [1.54, 1.807) is 0 Å². The van der Waals surface area contributed by atoms with Crippen molar-refractivity contribution in [2.24, 2.45) is 0 Å². The average Bonchev–Trinajstić information content (AvgIpc) is 1.55. The minimum Gasteiger partial charge on any atom is -0.439 e. The molecule has 17 heteroatoms. The summed E-state index contributed by atoms with van der Waals surface area (Å²) >= 11 is 1.83. The Morgan fingerprint density at radius 3 is 0.826 bits per heavy atom. The highest BCUT2D eigenvalue weighted by atomic mass is 32.1. The molecule has 0 fully saturated rings. The molecule has 33 rings (SSSR count). The average molecular weight is 1870 g/mol. The molecule has 144 heavy (non-hydrogen) atoms. The van der Waals surface area contributed by atoms with Crippen molar-refractivity contribution in [2.45, 2.75) is 0 Å². The predicted molar refractivity (Wildman–Crippen MR) is 584 cm³/mol. The van der Waals surface area contributed by atoms with E-state index in [0.29, 0.717) is 29.0 Å². The lowest BCUT2D eigenvalue weighted by atomic mass is 9.96. The van der Waals surface area contributed by atoms with Gasteiger partial charge in [-0.1, -0.05) is 340 Å². The highest BCUT2D eigenvalue weighted by molar-refractivity contribution is 7.25. The predicted octanol–water partition coefficient (Wildman–Crippen LogP) is 35.4. The molecule has 16 nitrogen and oxygen atoms in total. The monoisotopic (exact) mass is 1870 g/mol. The molecule has 0 atom stereocenters. The number of thiophene rings is 1. The van der Waals surface area contributed by atoms with E-state index in [0.717, 1.165) is 227 Å². The molecule has 0 aliphatic rings. The molecule has 0 saturated carbocycles. The molecular weight excluding hydrogens is 1800 g/mol. The molecule has 0 aliphatic carbocycles. The van der Waals surface area contributed by atoms with E-state index in [2.05, 4.69) is 297 Å². The minimum atomic E-state index is 0.436. The summed E-state index contributed by atoms with van der Waals surface area (Å²) in [5.41, 5.74) is 25.9. The molecule has 0 radical (unpaired) electrons. The van der Waals surface area contributed by atoms with E-state index in [1.165, 1.54) is 36.5 Å². The van der Waals surface area contributed by atoms with Crippen molar-refractivity contribution in [3.63, 3.8) is 0 Å². The second-order valence-electron chi connectivity index (χ2n) is 36.2. The highest BCUT2D eigenvalue weighted by Gasteiger charge is 2.33. The van der Waals surface area contributed by atoms with Gasteiger partial charge in [0, 0.05) is 102 Å². The van der Waals surface area contributed by atoms with Crippen molar-refractivity contribution in [2.75, 3.05) is 0 Å².